The van der Waals surface area contributed by atoms with Crippen molar-refractivity contribution in [2.24, 2.45) is 5.73 Å². The van der Waals surface area contributed by atoms with Gasteiger partial charge < -0.3 is 10.8 Å². The lowest BCUT2D eigenvalue weighted by molar-refractivity contribution is 0.219. The maximum absolute atomic E-state index is 9.10. The highest BCUT2D eigenvalue weighted by molar-refractivity contribution is 5.15. The lowest BCUT2D eigenvalue weighted by atomic mass is 9.76. The number of aromatic nitrogens is 2. The minimum Gasteiger partial charge on any atom is -0.396 e. The summed E-state index contributed by atoms with van der Waals surface area (Å²) in [5.74, 6) is 0. The molecule has 4 heteroatoms. The van der Waals surface area contributed by atoms with Crippen LogP contribution in [0.15, 0.2) is 18.6 Å². The SMILES string of the molecule is CCC(N)C(C)(CCO)c1cnccn1. The van der Waals surface area contributed by atoms with Gasteiger partial charge in [-0.15, -0.1) is 0 Å². The Labute approximate surface area is 90.6 Å². The fourth-order valence-corrected chi connectivity index (χ4v) is 1.78. The third-order valence-electron chi connectivity index (χ3n) is 3.04. The van der Waals surface area contributed by atoms with Gasteiger partial charge in [0.2, 0.25) is 0 Å². The van der Waals surface area contributed by atoms with Crippen LogP contribution in [0.1, 0.15) is 32.4 Å². The lowest BCUT2D eigenvalue weighted by Crippen LogP contribution is -2.44. The van der Waals surface area contributed by atoms with Crippen LogP contribution in [0.4, 0.5) is 0 Å². The molecule has 0 aromatic carbocycles. The molecule has 1 heterocycles. The molecule has 0 fully saturated rings. The van der Waals surface area contributed by atoms with Crippen molar-refractivity contribution in [1.29, 1.82) is 0 Å². The van der Waals surface area contributed by atoms with Crippen molar-refractivity contribution >= 4 is 0 Å². The van der Waals surface area contributed by atoms with E-state index in [1.165, 1.54) is 0 Å². The molecular formula is C11H19N3O. The van der Waals surface area contributed by atoms with Gasteiger partial charge in [0, 0.05) is 36.7 Å². The van der Waals surface area contributed by atoms with Crippen LogP contribution in [0.2, 0.25) is 0 Å². The molecule has 1 aromatic heterocycles. The zero-order chi connectivity index (χ0) is 11.3. The highest BCUT2D eigenvalue weighted by atomic mass is 16.3. The molecule has 2 atom stereocenters. The number of aliphatic hydroxyl groups is 1. The van der Waals surface area contributed by atoms with Crippen LogP contribution in [-0.4, -0.2) is 27.7 Å². The first-order valence-corrected chi connectivity index (χ1v) is 5.28. The van der Waals surface area contributed by atoms with Crippen molar-refractivity contribution in [3.05, 3.63) is 24.3 Å². The Kier molecular flexibility index (Phi) is 4.17. The van der Waals surface area contributed by atoms with Gasteiger partial charge in [0.25, 0.3) is 0 Å². The highest BCUT2D eigenvalue weighted by Gasteiger charge is 2.33. The van der Waals surface area contributed by atoms with E-state index in [4.69, 9.17) is 10.8 Å². The number of nitrogens with two attached hydrogens (primary N) is 1. The van der Waals surface area contributed by atoms with E-state index >= 15 is 0 Å². The van der Waals surface area contributed by atoms with E-state index in [0.717, 1.165) is 12.1 Å². The number of hydrogen-bond donors (Lipinski definition) is 2. The molecule has 1 rings (SSSR count). The molecular weight excluding hydrogens is 190 g/mol. The molecule has 0 spiro atoms. The van der Waals surface area contributed by atoms with Crippen LogP contribution in [0.25, 0.3) is 0 Å². The summed E-state index contributed by atoms with van der Waals surface area (Å²) in [6.07, 6.45) is 6.49. The van der Waals surface area contributed by atoms with Gasteiger partial charge in [0.1, 0.15) is 0 Å². The van der Waals surface area contributed by atoms with Gasteiger partial charge in [-0.2, -0.15) is 0 Å². The van der Waals surface area contributed by atoms with Gasteiger partial charge in [-0.3, -0.25) is 9.97 Å². The zero-order valence-electron chi connectivity index (χ0n) is 9.35. The highest BCUT2D eigenvalue weighted by Crippen LogP contribution is 2.29. The molecule has 0 aliphatic rings. The maximum atomic E-state index is 9.10. The van der Waals surface area contributed by atoms with Crippen molar-refractivity contribution in [3.8, 4) is 0 Å². The number of aliphatic hydroxyl groups excluding tert-OH is 1. The Morgan fingerprint density at radius 2 is 2.27 bits per heavy atom. The van der Waals surface area contributed by atoms with Gasteiger partial charge >= 0.3 is 0 Å². The molecule has 3 N–H and O–H groups in total. The molecule has 0 amide bonds. The monoisotopic (exact) mass is 209 g/mol. The zero-order valence-corrected chi connectivity index (χ0v) is 9.35. The van der Waals surface area contributed by atoms with E-state index in [9.17, 15) is 0 Å². The Balaban J connectivity index is 3.01. The van der Waals surface area contributed by atoms with Gasteiger partial charge in [-0.1, -0.05) is 13.8 Å². The Bertz CT molecular complexity index is 291. The smallest absolute Gasteiger partial charge is 0.0661 e. The summed E-state index contributed by atoms with van der Waals surface area (Å²) in [5.41, 5.74) is 6.65. The molecule has 15 heavy (non-hydrogen) atoms. The van der Waals surface area contributed by atoms with E-state index in [1.807, 2.05) is 13.8 Å². The van der Waals surface area contributed by atoms with E-state index < -0.39 is 0 Å². The summed E-state index contributed by atoms with van der Waals surface area (Å²) in [6.45, 7) is 4.18. The van der Waals surface area contributed by atoms with Gasteiger partial charge in [-0.25, -0.2) is 0 Å². The first-order valence-electron chi connectivity index (χ1n) is 5.28. The lowest BCUT2D eigenvalue weighted by Gasteiger charge is -2.33. The largest absolute Gasteiger partial charge is 0.396 e. The summed E-state index contributed by atoms with van der Waals surface area (Å²) in [4.78, 5) is 8.33. The van der Waals surface area contributed by atoms with Crippen LogP contribution in [0.5, 0.6) is 0 Å². The number of nitrogens with zero attached hydrogens (tertiary/aromatic N) is 2. The topological polar surface area (TPSA) is 72.0 Å². The van der Waals surface area contributed by atoms with Crippen LogP contribution >= 0.6 is 0 Å². The molecule has 0 bridgehead atoms. The minimum atomic E-state index is -0.294. The predicted molar refractivity (Wildman–Crippen MR) is 59.4 cm³/mol. The first kappa shape index (κ1) is 12.1. The summed E-state index contributed by atoms with van der Waals surface area (Å²) < 4.78 is 0. The average molecular weight is 209 g/mol. The summed E-state index contributed by atoms with van der Waals surface area (Å²) in [5, 5.41) is 9.10. The fourth-order valence-electron chi connectivity index (χ4n) is 1.78. The minimum absolute atomic E-state index is 0.0126. The molecule has 0 saturated heterocycles. The molecule has 0 aliphatic heterocycles. The first-order chi connectivity index (χ1) is 7.15. The predicted octanol–water partition coefficient (Wildman–Crippen LogP) is 0.854. The van der Waals surface area contributed by atoms with Gasteiger partial charge in [-0.05, 0) is 12.8 Å². The van der Waals surface area contributed by atoms with Gasteiger partial charge in [0.15, 0.2) is 0 Å². The standard InChI is InChI=1S/C11H19N3O/c1-3-9(12)11(2,4-7-15)10-8-13-5-6-14-10/h5-6,8-9,15H,3-4,7,12H2,1-2H3. The molecule has 2 unspecified atom stereocenters. The van der Waals surface area contributed by atoms with Gasteiger partial charge in [0.05, 0.1) is 5.69 Å². The van der Waals surface area contributed by atoms with Crippen LogP contribution in [0.3, 0.4) is 0 Å². The Morgan fingerprint density at radius 3 is 2.73 bits per heavy atom. The van der Waals surface area contributed by atoms with Crippen molar-refractivity contribution in [2.75, 3.05) is 6.61 Å². The second-order valence-electron chi connectivity index (χ2n) is 4.00. The van der Waals surface area contributed by atoms with Crippen molar-refractivity contribution in [1.82, 2.24) is 9.97 Å². The van der Waals surface area contributed by atoms with Crippen LogP contribution in [0, 0.1) is 0 Å². The summed E-state index contributed by atoms with van der Waals surface area (Å²) in [6, 6.07) is -0.0126. The summed E-state index contributed by atoms with van der Waals surface area (Å²) >= 11 is 0. The molecule has 0 saturated carbocycles. The Morgan fingerprint density at radius 1 is 1.53 bits per heavy atom. The molecule has 0 radical (unpaired) electrons. The number of rotatable bonds is 5. The van der Waals surface area contributed by atoms with Crippen molar-refractivity contribution in [3.63, 3.8) is 0 Å². The normalized spacial score (nSPS) is 17.1. The third-order valence-corrected chi connectivity index (χ3v) is 3.04. The van der Waals surface area contributed by atoms with Crippen molar-refractivity contribution < 1.29 is 5.11 Å². The van der Waals surface area contributed by atoms with Crippen LogP contribution in [-0.2, 0) is 5.41 Å². The second-order valence-corrected chi connectivity index (χ2v) is 4.00. The number of hydrogen-bond acceptors (Lipinski definition) is 4. The molecule has 84 valence electrons. The van der Waals surface area contributed by atoms with Crippen molar-refractivity contribution in [2.45, 2.75) is 38.1 Å². The average Bonchev–Trinajstić information content (AvgIpc) is 2.29. The fraction of sp³-hybridized carbons (Fsp3) is 0.636. The Hall–Kier alpha value is -1.00. The molecule has 1 aromatic rings. The second kappa shape index (κ2) is 5.19. The molecule has 0 aliphatic carbocycles. The van der Waals surface area contributed by atoms with Crippen LogP contribution < -0.4 is 5.73 Å². The third kappa shape index (κ3) is 2.52. The van der Waals surface area contributed by atoms with E-state index in [0.29, 0.717) is 6.42 Å². The maximum Gasteiger partial charge on any atom is 0.0661 e. The summed E-state index contributed by atoms with van der Waals surface area (Å²) in [7, 11) is 0. The van der Waals surface area contributed by atoms with E-state index in [-0.39, 0.29) is 18.1 Å². The molecule has 4 nitrogen and oxygen atoms in total. The quantitative estimate of drug-likeness (QED) is 0.754. The van der Waals surface area contributed by atoms with E-state index in [2.05, 4.69) is 9.97 Å². The van der Waals surface area contributed by atoms with E-state index in [1.54, 1.807) is 18.6 Å².